The van der Waals surface area contributed by atoms with Crippen LogP contribution in [0.2, 0.25) is 0 Å². The second kappa shape index (κ2) is 3.41. The number of carbonyl (C=O) groups is 1. The van der Waals surface area contributed by atoms with Crippen LogP contribution in [0.4, 0.5) is 0 Å². The molecule has 3 nitrogen and oxygen atoms in total. The molecule has 1 saturated carbocycles. The van der Waals surface area contributed by atoms with Crippen LogP contribution in [-0.4, -0.2) is 24.8 Å². The van der Waals surface area contributed by atoms with Gasteiger partial charge in [-0.25, -0.2) is 0 Å². The molecule has 3 rings (SSSR count). The van der Waals surface area contributed by atoms with Gasteiger partial charge in [-0.1, -0.05) is 6.08 Å². The molecule has 0 amide bonds. The summed E-state index contributed by atoms with van der Waals surface area (Å²) in [5.41, 5.74) is 1.08. The second-order valence-corrected chi connectivity index (χ2v) is 5.40. The van der Waals surface area contributed by atoms with Crippen molar-refractivity contribution in [1.29, 1.82) is 0 Å². The molecular formula is C13H18O3. The van der Waals surface area contributed by atoms with E-state index in [1.807, 2.05) is 6.92 Å². The van der Waals surface area contributed by atoms with Crippen LogP contribution in [0.1, 0.15) is 39.0 Å². The van der Waals surface area contributed by atoms with E-state index in [2.05, 4.69) is 6.08 Å². The molecule has 0 unspecified atom stereocenters. The number of rotatable bonds is 0. The molecule has 88 valence electrons. The summed E-state index contributed by atoms with van der Waals surface area (Å²) >= 11 is 0. The summed E-state index contributed by atoms with van der Waals surface area (Å²) in [6.07, 6.45) is 6.81. The van der Waals surface area contributed by atoms with Crippen LogP contribution in [0.5, 0.6) is 0 Å². The minimum absolute atomic E-state index is 0.127. The van der Waals surface area contributed by atoms with Gasteiger partial charge < -0.3 is 9.47 Å². The van der Waals surface area contributed by atoms with Crippen LogP contribution in [0, 0.1) is 5.41 Å². The van der Waals surface area contributed by atoms with E-state index in [1.165, 1.54) is 0 Å². The number of hydrogen-bond donors (Lipinski definition) is 0. The van der Waals surface area contributed by atoms with Crippen molar-refractivity contribution < 1.29 is 14.3 Å². The molecule has 0 radical (unpaired) electrons. The molecule has 2 fully saturated rings. The minimum atomic E-state index is -0.307. The number of Topliss-reactive ketones (excluding diaryl/α,β-unsaturated/α-hetero) is 1. The Morgan fingerprint density at radius 3 is 2.25 bits per heavy atom. The van der Waals surface area contributed by atoms with Gasteiger partial charge in [-0.3, -0.25) is 4.79 Å². The van der Waals surface area contributed by atoms with Crippen LogP contribution in [0.25, 0.3) is 0 Å². The van der Waals surface area contributed by atoms with E-state index in [0.717, 1.165) is 44.5 Å². The molecule has 3 aliphatic rings. The Kier molecular flexibility index (Phi) is 2.23. The first kappa shape index (κ1) is 10.5. The maximum atomic E-state index is 11.6. The lowest BCUT2D eigenvalue weighted by atomic mass is 9.71. The van der Waals surface area contributed by atoms with Gasteiger partial charge in [-0.05, 0) is 30.8 Å². The van der Waals surface area contributed by atoms with E-state index in [1.54, 1.807) is 0 Å². The number of ketones is 1. The van der Waals surface area contributed by atoms with Crippen LogP contribution < -0.4 is 0 Å². The van der Waals surface area contributed by atoms with Gasteiger partial charge in [0.2, 0.25) is 0 Å². The van der Waals surface area contributed by atoms with Gasteiger partial charge in [0.15, 0.2) is 11.6 Å². The highest BCUT2D eigenvalue weighted by molar-refractivity contribution is 5.98. The third-order valence-electron chi connectivity index (χ3n) is 4.30. The molecule has 0 aromatic carbocycles. The summed E-state index contributed by atoms with van der Waals surface area (Å²) in [6, 6.07) is 0. The second-order valence-electron chi connectivity index (χ2n) is 5.40. The van der Waals surface area contributed by atoms with Gasteiger partial charge >= 0.3 is 0 Å². The van der Waals surface area contributed by atoms with Crippen LogP contribution >= 0.6 is 0 Å². The summed E-state index contributed by atoms with van der Waals surface area (Å²) in [4.78, 5) is 11.6. The van der Waals surface area contributed by atoms with E-state index in [4.69, 9.17) is 9.47 Å². The fourth-order valence-electron chi connectivity index (χ4n) is 3.29. The van der Waals surface area contributed by atoms with Crippen molar-refractivity contribution in [1.82, 2.24) is 0 Å². The average molecular weight is 222 g/mol. The molecule has 0 aromatic heterocycles. The summed E-state index contributed by atoms with van der Waals surface area (Å²) in [6.45, 7) is 3.38. The molecule has 0 aromatic rings. The Morgan fingerprint density at radius 1 is 1.12 bits per heavy atom. The number of ether oxygens (including phenoxy) is 2. The fraction of sp³-hybridized carbons (Fsp3) is 0.769. The highest BCUT2D eigenvalue weighted by atomic mass is 16.7. The topological polar surface area (TPSA) is 35.5 Å². The maximum absolute atomic E-state index is 11.6. The van der Waals surface area contributed by atoms with Gasteiger partial charge in [0.05, 0.1) is 13.2 Å². The van der Waals surface area contributed by atoms with Crippen molar-refractivity contribution in [3.8, 4) is 0 Å². The lowest BCUT2D eigenvalue weighted by Gasteiger charge is -2.40. The van der Waals surface area contributed by atoms with Crippen LogP contribution in [-0.2, 0) is 14.3 Å². The van der Waals surface area contributed by atoms with Gasteiger partial charge in [-0.2, -0.15) is 0 Å². The molecular weight excluding hydrogens is 204 g/mol. The van der Waals surface area contributed by atoms with Crippen LogP contribution in [0.15, 0.2) is 11.6 Å². The van der Waals surface area contributed by atoms with Gasteiger partial charge in [0.25, 0.3) is 0 Å². The Bertz CT molecular complexity index is 340. The van der Waals surface area contributed by atoms with Gasteiger partial charge in [-0.15, -0.1) is 0 Å². The summed E-state index contributed by atoms with van der Waals surface area (Å²) in [5.74, 6) is 0.0164. The lowest BCUT2D eigenvalue weighted by Crippen LogP contribution is -2.38. The maximum Gasteiger partial charge on any atom is 0.168 e. The normalized spacial score (nSPS) is 31.3. The number of hydrogen-bond acceptors (Lipinski definition) is 3. The van der Waals surface area contributed by atoms with Crippen molar-refractivity contribution in [2.45, 2.75) is 44.8 Å². The molecule has 16 heavy (non-hydrogen) atoms. The average Bonchev–Trinajstić information content (AvgIpc) is 2.81. The van der Waals surface area contributed by atoms with Crippen molar-refractivity contribution in [2.75, 3.05) is 13.2 Å². The van der Waals surface area contributed by atoms with Crippen molar-refractivity contribution >= 4 is 5.78 Å². The number of allylic oxidation sites excluding steroid dienone is 2. The predicted molar refractivity (Wildman–Crippen MR) is 58.9 cm³/mol. The number of carbonyl (C=O) groups excluding carboxylic acids is 1. The smallest absolute Gasteiger partial charge is 0.168 e. The first-order valence-electron chi connectivity index (χ1n) is 6.14. The molecule has 0 bridgehead atoms. The SMILES string of the molecule is CC1=CC2(CCC3(CC2)OCCO3)CC1=O. The van der Waals surface area contributed by atoms with E-state index in [9.17, 15) is 4.79 Å². The molecule has 1 aliphatic heterocycles. The van der Waals surface area contributed by atoms with E-state index >= 15 is 0 Å². The van der Waals surface area contributed by atoms with Gasteiger partial charge in [0, 0.05) is 19.3 Å². The first-order valence-corrected chi connectivity index (χ1v) is 6.14. The highest BCUT2D eigenvalue weighted by Gasteiger charge is 2.47. The fourth-order valence-corrected chi connectivity index (χ4v) is 3.29. The van der Waals surface area contributed by atoms with E-state index < -0.39 is 0 Å². The molecule has 2 aliphatic carbocycles. The molecule has 0 N–H and O–H groups in total. The lowest BCUT2D eigenvalue weighted by molar-refractivity contribution is -0.188. The van der Waals surface area contributed by atoms with E-state index in [-0.39, 0.29) is 11.2 Å². The molecule has 3 heteroatoms. The molecule has 1 saturated heterocycles. The largest absolute Gasteiger partial charge is 0.348 e. The predicted octanol–water partition coefficient (Wildman–Crippen LogP) is 2.21. The molecule has 2 spiro atoms. The van der Waals surface area contributed by atoms with Crippen molar-refractivity contribution in [2.24, 2.45) is 5.41 Å². The Balaban J connectivity index is 1.73. The highest BCUT2D eigenvalue weighted by Crippen LogP contribution is 2.50. The van der Waals surface area contributed by atoms with Crippen molar-refractivity contribution in [3.05, 3.63) is 11.6 Å². The third kappa shape index (κ3) is 1.54. The zero-order valence-corrected chi connectivity index (χ0v) is 9.75. The Morgan fingerprint density at radius 2 is 1.75 bits per heavy atom. The summed E-state index contributed by atoms with van der Waals surface area (Å²) in [7, 11) is 0. The minimum Gasteiger partial charge on any atom is -0.348 e. The molecule has 1 heterocycles. The standard InChI is InChI=1S/C13H18O3/c1-10-8-12(9-11(10)14)2-4-13(5-3-12)15-6-7-16-13/h8H,2-7,9H2,1H3. The van der Waals surface area contributed by atoms with Crippen molar-refractivity contribution in [3.63, 3.8) is 0 Å². The van der Waals surface area contributed by atoms with Crippen LogP contribution in [0.3, 0.4) is 0 Å². The zero-order chi connectivity index (χ0) is 11.2. The summed E-state index contributed by atoms with van der Waals surface area (Å²) in [5, 5.41) is 0. The summed E-state index contributed by atoms with van der Waals surface area (Å²) < 4.78 is 11.4. The Hall–Kier alpha value is -0.670. The van der Waals surface area contributed by atoms with Gasteiger partial charge in [0.1, 0.15) is 0 Å². The zero-order valence-electron chi connectivity index (χ0n) is 9.75. The quantitative estimate of drug-likeness (QED) is 0.630. The third-order valence-corrected chi connectivity index (χ3v) is 4.30. The molecule has 0 atom stereocenters. The van der Waals surface area contributed by atoms with E-state index in [0.29, 0.717) is 12.2 Å². The Labute approximate surface area is 95.8 Å². The monoisotopic (exact) mass is 222 g/mol. The first-order chi connectivity index (χ1) is 7.63.